The van der Waals surface area contributed by atoms with E-state index in [1.165, 1.54) is 0 Å². The minimum Gasteiger partial charge on any atom is -0.247 e. The minimum absolute atomic E-state index is 0.212. The molecule has 0 N–H and O–H groups in total. The second-order valence-electron chi connectivity index (χ2n) is 2.99. The summed E-state index contributed by atoms with van der Waals surface area (Å²) in [5.41, 5.74) is -3.08. The Labute approximate surface area is 101 Å². The summed E-state index contributed by atoms with van der Waals surface area (Å²) < 4.78 is 62.1. The molecule has 2 nitrogen and oxygen atoms in total. The van der Waals surface area contributed by atoms with E-state index >= 15 is 0 Å². The third kappa shape index (κ3) is 3.12. The Morgan fingerprint density at radius 2 is 2.00 bits per heavy atom. The van der Waals surface area contributed by atoms with Crippen molar-refractivity contribution in [3.05, 3.63) is 27.5 Å². The van der Waals surface area contributed by atoms with Crippen LogP contribution in [-0.4, -0.2) is 4.98 Å². The number of halogens is 6. The van der Waals surface area contributed by atoms with Gasteiger partial charge in [0.2, 0.25) is 0 Å². The molecule has 92 valence electrons. The van der Waals surface area contributed by atoms with Crippen LogP contribution in [0.25, 0.3) is 0 Å². The Morgan fingerprint density at radius 1 is 1.41 bits per heavy atom. The van der Waals surface area contributed by atoms with Gasteiger partial charge in [-0.3, -0.25) is 0 Å². The Morgan fingerprint density at radius 3 is 2.41 bits per heavy atom. The highest BCUT2D eigenvalue weighted by Gasteiger charge is 2.39. The van der Waals surface area contributed by atoms with Gasteiger partial charge in [0, 0.05) is 4.47 Å². The number of aromatic nitrogens is 1. The Hall–Kier alpha value is -1.23. The molecular formula is C9H4BrF5N2. The van der Waals surface area contributed by atoms with E-state index in [2.05, 4.69) is 20.9 Å². The first-order valence-electron chi connectivity index (χ1n) is 4.19. The van der Waals surface area contributed by atoms with E-state index in [9.17, 15) is 22.0 Å². The molecule has 17 heavy (non-hydrogen) atoms. The SMILES string of the molecule is N#CCc1cc(Br)c(C(F)F)c(C(F)(F)F)n1. The molecule has 0 aliphatic heterocycles. The standard InChI is InChI=1S/C9H4BrF5N2/c10-5-3-4(1-2-16)17-7(9(13,14)15)6(5)8(11)12/h3,8H,1H2. The van der Waals surface area contributed by atoms with Gasteiger partial charge < -0.3 is 0 Å². The van der Waals surface area contributed by atoms with Crippen LogP contribution in [0.1, 0.15) is 23.4 Å². The normalized spacial score (nSPS) is 11.6. The van der Waals surface area contributed by atoms with Gasteiger partial charge in [-0.15, -0.1) is 0 Å². The lowest BCUT2D eigenvalue weighted by Gasteiger charge is -2.14. The van der Waals surface area contributed by atoms with Crippen LogP contribution in [0.4, 0.5) is 22.0 Å². The van der Waals surface area contributed by atoms with Gasteiger partial charge in [-0.1, -0.05) is 15.9 Å². The molecular weight excluding hydrogens is 311 g/mol. The summed E-state index contributed by atoms with van der Waals surface area (Å²) in [5, 5.41) is 8.35. The molecule has 1 aromatic heterocycles. The zero-order chi connectivity index (χ0) is 13.2. The molecule has 1 heterocycles. The second kappa shape index (κ2) is 4.96. The van der Waals surface area contributed by atoms with Crippen LogP contribution in [0, 0.1) is 11.3 Å². The van der Waals surface area contributed by atoms with Gasteiger partial charge in [-0.25, -0.2) is 13.8 Å². The average Bonchev–Trinajstić information content (AvgIpc) is 2.15. The maximum absolute atomic E-state index is 12.5. The van der Waals surface area contributed by atoms with Crippen molar-refractivity contribution >= 4 is 15.9 Å². The summed E-state index contributed by atoms with van der Waals surface area (Å²) in [6.07, 6.45) is -8.67. The zero-order valence-corrected chi connectivity index (χ0v) is 9.61. The van der Waals surface area contributed by atoms with Crippen molar-refractivity contribution in [3.8, 4) is 6.07 Å². The Balaban J connectivity index is 3.46. The topological polar surface area (TPSA) is 36.7 Å². The van der Waals surface area contributed by atoms with Crippen LogP contribution in [0.15, 0.2) is 10.5 Å². The van der Waals surface area contributed by atoms with Crippen molar-refractivity contribution in [1.29, 1.82) is 5.26 Å². The summed E-state index contributed by atoms with van der Waals surface area (Å²) in [6, 6.07) is 2.59. The summed E-state index contributed by atoms with van der Waals surface area (Å²) in [6.45, 7) is 0. The fourth-order valence-electron chi connectivity index (χ4n) is 1.17. The van der Waals surface area contributed by atoms with Crippen molar-refractivity contribution in [2.75, 3.05) is 0 Å². The summed E-state index contributed by atoms with van der Waals surface area (Å²) in [5.74, 6) is 0. The van der Waals surface area contributed by atoms with E-state index in [1.807, 2.05) is 0 Å². The fraction of sp³-hybridized carbons (Fsp3) is 0.333. The molecule has 0 spiro atoms. The van der Waals surface area contributed by atoms with Crippen molar-refractivity contribution in [1.82, 2.24) is 4.98 Å². The monoisotopic (exact) mass is 314 g/mol. The molecule has 1 aromatic rings. The quantitative estimate of drug-likeness (QED) is 0.777. The van der Waals surface area contributed by atoms with Gasteiger partial charge >= 0.3 is 6.18 Å². The molecule has 0 unspecified atom stereocenters. The van der Waals surface area contributed by atoms with Crippen LogP contribution in [0.2, 0.25) is 0 Å². The lowest BCUT2D eigenvalue weighted by molar-refractivity contribution is -0.143. The lowest BCUT2D eigenvalue weighted by atomic mass is 10.1. The molecule has 0 saturated carbocycles. The van der Waals surface area contributed by atoms with Crippen molar-refractivity contribution in [3.63, 3.8) is 0 Å². The molecule has 1 rings (SSSR count). The molecule has 0 aliphatic rings. The first kappa shape index (κ1) is 13.8. The number of pyridine rings is 1. The van der Waals surface area contributed by atoms with Gasteiger partial charge in [0.25, 0.3) is 6.43 Å². The number of rotatable bonds is 2. The average molecular weight is 315 g/mol. The Kier molecular flexibility index (Phi) is 4.03. The van der Waals surface area contributed by atoms with Gasteiger partial charge in [0.05, 0.1) is 23.7 Å². The smallest absolute Gasteiger partial charge is 0.247 e. The third-order valence-electron chi connectivity index (χ3n) is 1.81. The summed E-state index contributed by atoms with van der Waals surface area (Å²) >= 11 is 2.63. The highest BCUT2D eigenvalue weighted by atomic mass is 79.9. The third-order valence-corrected chi connectivity index (χ3v) is 2.46. The predicted molar refractivity (Wildman–Crippen MR) is 51.2 cm³/mol. The number of hydrogen-bond donors (Lipinski definition) is 0. The van der Waals surface area contributed by atoms with E-state index < -0.39 is 28.3 Å². The first-order chi connectivity index (χ1) is 7.77. The van der Waals surface area contributed by atoms with E-state index in [1.54, 1.807) is 6.07 Å². The molecule has 8 heteroatoms. The van der Waals surface area contributed by atoms with E-state index in [4.69, 9.17) is 5.26 Å². The number of nitrogens with zero attached hydrogens (tertiary/aromatic N) is 2. The first-order valence-corrected chi connectivity index (χ1v) is 4.98. The van der Waals surface area contributed by atoms with Gasteiger partial charge in [-0.05, 0) is 6.07 Å². The van der Waals surface area contributed by atoms with Crippen molar-refractivity contribution in [2.24, 2.45) is 0 Å². The van der Waals surface area contributed by atoms with Crippen LogP contribution in [0.5, 0.6) is 0 Å². The van der Waals surface area contributed by atoms with E-state index in [-0.39, 0.29) is 12.1 Å². The van der Waals surface area contributed by atoms with Crippen molar-refractivity contribution < 1.29 is 22.0 Å². The summed E-state index contributed by atoms with van der Waals surface area (Å²) in [4.78, 5) is 3.06. The number of nitriles is 1. The van der Waals surface area contributed by atoms with E-state index in [0.717, 1.165) is 6.07 Å². The molecule has 0 bridgehead atoms. The fourth-order valence-corrected chi connectivity index (χ4v) is 1.79. The largest absolute Gasteiger partial charge is 0.433 e. The number of alkyl halides is 5. The highest BCUT2D eigenvalue weighted by molar-refractivity contribution is 9.10. The molecule has 0 saturated heterocycles. The number of hydrogen-bond acceptors (Lipinski definition) is 2. The van der Waals surface area contributed by atoms with Crippen LogP contribution < -0.4 is 0 Å². The molecule has 0 radical (unpaired) electrons. The molecule has 0 fully saturated rings. The van der Waals surface area contributed by atoms with E-state index in [0.29, 0.717) is 0 Å². The molecule has 0 aliphatic carbocycles. The maximum atomic E-state index is 12.5. The van der Waals surface area contributed by atoms with Crippen LogP contribution >= 0.6 is 15.9 Å². The van der Waals surface area contributed by atoms with Gasteiger partial charge in [-0.2, -0.15) is 18.4 Å². The maximum Gasteiger partial charge on any atom is 0.433 e. The lowest BCUT2D eigenvalue weighted by Crippen LogP contribution is -2.14. The minimum atomic E-state index is -4.99. The molecule has 0 aromatic carbocycles. The molecule has 0 amide bonds. The predicted octanol–water partition coefficient (Wildman–Crippen LogP) is 3.87. The highest BCUT2D eigenvalue weighted by Crippen LogP contribution is 2.39. The summed E-state index contributed by atoms with van der Waals surface area (Å²) in [7, 11) is 0. The van der Waals surface area contributed by atoms with Gasteiger partial charge in [0.1, 0.15) is 0 Å². The zero-order valence-electron chi connectivity index (χ0n) is 8.02. The van der Waals surface area contributed by atoms with Gasteiger partial charge in [0.15, 0.2) is 5.69 Å². The van der Waals surface area contributed by atoms with Crippen LogP contribution in [0.3, 0.4) is 0 Å². The second-order valence-corrected chi connectivity index (χ2v) is 3.85. The van der Waals surface area contributed by atoms with Crippen molar-refractivity contribution in [2.45, 2.75) is 19.0 Å². The van der Waals surface area contributed by atoms with Crippen LogP contribution in [-0.2, 0) is 12.6 Å². The molecule has 0 atom stereocenters. The Bertz CT molecular complexity index is 464.